The van der Waals surface area contributed by atoms with Gasteiger partial charge in [-0.25, -0.2) is 4.79 Å². The summed E-state index contributed by atoms with van der Waals surface area (Å²) in [6.07, 6.45) is 3.10. The Labute approximate surface area is 189 Å². The van der Waals surface area contributed by atoms with Crippen LogP contribution < -0.4 is 9.64 Å². The molecular formula is C23H26F3N3O4. The van der Waals surface area contributed by atoms with Gasteiger partial charge in [0.05, 0.1) is 42.8 Å². The van der Waals surface area contributed by atoms with Crippen molar-refractivity contribution in [1.29, 1.82) is 0 Å². The molecule has 1 atom stereocenters. The van der Waals surface area contributed by atoms with Crippen molar-refractivity contribution in [1.82, 2.24) is 9.97 Å². The Morgan fingerprint density at radius 2 is 1.88 bits per heavy atom. The number of carboxylic acids is 1. The van der Waals surface area contributed by atoms with E-state index in [-0.39, 0.29) is 30.4 Å². The molecule has 1 unspecified atom stereocenters. The van der Waals surface area contributed by atoms with Crippen LogP contribution in [0.3, 0.4) is 0 Å². The standard InChI is InChI=1S/C23H26F3N3O4/c24-23(25,26)18-3-1-15(2-4-18)14-33-20-8-19(11-28-12-20)29-5-6-32-21(13-29)16-7-17(22(30)31)10-27-9-16/h7-12,15,18,21H,1-6,13-14H2,(H,30,31)/t15-,18-,21?. The third-order valence-electron chi connectivity index (χ3n) is 6.30. The molecule has 1 aliphatic heterocycles. The average molecular weight is 465 g/mol. The van der Waals surface area contributed by atoms with E-state index in [9.17, 15) is 23.1 Å². The van der Waals surface area contributed by atoms with Crippen molar-refractivity contribution in [2.45, 2.75) is 38.0 Å². The number of anilines is 1. The molecule has 1 N–H and O–H groups in total. The lowest BCUT2D eigenvalue weighted by atomic mass is 9.82. The van der Waals surface area contributed by atoms with Gasteiger partial charge >= 0.3 is 12.1 Å². The maximum atomic E-state index is 12.8. The third kappa shape index (κ3) is 5.93. The van der Waals surface area contributed by atoms with Crippen LogP contribution >= 0.6 is 0 Å². The minimum atomic E-state index is -4.11. The van der Waals surface area contributed by atoms with Crippen molar-refractivity contribution in [3.05, 3.63) is 48.0 Å². The molecule has 0 radical (unpaired) electrons. The van der Waals surface area contributed by atoms with E-state index in [4.69, 9.17) is 9.47 Å². The van der Waals surface area contributed by atoms with Crippen LogP contribution in [0.4, 0.5) is 18.9 Å². The quantitative estimate of drug-likeness (QED) is 0.672. The monoisotopic (exact) mass is 465 g/mol. The molecule has 1 saturated carbocycles. The van der Waals surface area contributed by atoms with Gasteiger partial charge in [0.25, 0.3) is 0 Å². The first-order valence-electron chi connectivity index (χ1n) is 11.0. The second-order valence-electron chi connectivity index (χ2n) is 8.57. The first-order valence-corrected chi connectivity index (χ1v) is 11.0. The van der Waals surface area contributed by atoms with Crippen LogP contribution in [0.25, 0.3) is 0 Å². The van der Waals surface area contributed by atoms with Gasteiger partial charge in [-0.05, 0) is 37.7 Å². The molecular weight excluding hydrogens is 439 g/mol. The SMILES string of the molecule is O=C(O)c1cncc(C2CN(c3cncc(OC[C@H]4CC[C@H](C(F)(F)F)CC4)c3)CCO2)c1. The second-order valence-corrected chi connectivity index (χ2v) is 8.57. The number of hydrogen-bond acceptors (Lipinski definition) is 6. The highest BCUT2D eigenvalue weighted by Gasteiger charge is 2.41. The maximum absolute atomic E-state index is 12.8. The number of ether oxygens (including phenoxy) is 2. The van der Waals surface area contributed by atoms with E-state index in [1.807, 2.05) is 6.07 Å². The molecule has 4 rings (SSSR count). The van der Waals surface area contributed by atoms with Gasteiger partial charge in [0, 0.05) is 37.1 Å². The summed E-state index contributed by atoms with van der Waals surface area (Å²) in [7, 11) is 0. The molecule has 0 amide bonds. The fourth-order valence-corrected chi connectivity index (χ4v) is 4.37. The fourth-order valence-electron chi connectivity index (χ4n) is 4.37. The van der Waals surface area contributed by atoms with Gasteiger partial charge in [0.2, 0.25) is 0 Å². The average Bonchev–Trinajstić information content (AvgIpc) is 2.83. The molecule has 1 saturated heterocycles. The molecule has 2 aliphatic rings. The molecule has 2 aromatic rings. The zero-order chi connectivity index (χ0) is 23.4. The van der Waals surface area contributed by atoms with Crippen LogP contribution in [0.15, 0.2) is 36.9 Å². The van der Waals surface area contributed by atoms with E-state index < -0.39 is 18.1 Å². The highest BCUT2D eigenvalue weighted by atomic mass is 19.4. The first kappa shape index (κ1) is 23.3. The molecule has 0 spiro atoms. The number of morpholine rings is 1. The van der Waals surface area contributed by atoms with Crippen molar-refractivity contribution in [2.75, 3.05) is 31.2 Å². The lowest BCUT2D eigenvalue weighted by Crippen LogP contribution is -2.38. The van der Waals surface area contributed by atoms with Gasteiger partial charge in [0.15, 0.2) is 0 Å². The molecule has 178 valence electrons. The number of hydrogen-bond donors (Lipinski definition) is 1. The molecule has 10 heteroatoms. The topological polar surface area (TPSA) is 84.8 Å². The predicted octanol–water partition coefficient (Wildman–Crippen LogP) is 4.50. The summed E-state index contributed by atoms with van der Waals surface area (Å²) in [6, 6.07) is 3.43. The molecule has 2 fully saturated rings. The Bertz CT molecular complexity index is 964. The number of aromatic nitrogens is 2. The Balaban J connectivity index is 1.35. The Kier molecular flexibility index (Phi) is 7.02. The Hall–Kier alpha value is -2.88. The zero-order valence-corrected chi connectivity index (χ0v) is 18.0. The third-order valence-corrected chi connectivity index (χ3v) is 6.30. The molecule has 0 bridgehead atoms. The molecule has 1 aliphatic carbocycles. The first-order chi connectivity index (χ1) is 15.8. The van der Waals surface area contributed by atoms with E-state index in [1.54, 1.807) is 24.7 Å². The van der Waals surface area contributed by atoms with E-state index >= 15 is 0 Å². The summed E-state index contributed by atoms with van der Waals surface area (Å²) >= 11 is 0. The van der Waals surface area contributed by atoms with Gasteiger partial charge < -0.3 is 19.5 Å². The van der Waals surface area contributed by atoms with E-state index in [2.05, 4.69) is 14.9 Å². The van der Waals surface area contributed by atoms with Crippen molar-refractivity contribution in [3.8, 4) is 5.75 Å². The fraction of sp³-hybridized carbons (Fsp3) is 0.522. The number of rotatable bonds is 6. The van der Waals surface area contributed by atoms with Gasteiger partial charge in [-0.2, -0.15) is 13.2 Å². The molecule has 33 heavy (non-hydrogen) atoms. The Morgan fingerprint density at radius 3 is 2.61 bits per heavy atom. The lowest BCUT2D eigenvalue weighted by Gasteiger charge is -2.34. The van der Waals surface area contributed by atoms with E-state index in [1.165, 1.54) is 6.20 Å². The Morgan fingerprint density at radius 1 is 1.12 bits per heavy atom. The number of aromatic carboxylic acids is 1. The van der Waals surface area contributed by atoms with Crippen molar-refractivity contribution in [2.24, 2.45) is 11.8 Å². The zero-order valence-electron chi connectivity index (χ0n) is 18.0. The molecule has 2 aromatic heterocycles. The molecule has 3 heterocycles. The van der Waals surface area contributed by atoms with Gasteiger partial charge in [0.1, 0.15) is 11.9 Å². The smallest absolute Gasteiger partial charge is 0.391 e. The predicted molar refractivity (Wildman–Crippen MR) is 113 cm³/mol. The van der Waals surface area contributed by atoms with Crippen molar-refractivity contribution < 1.29 is 32.5 Å². The molecule has 7 nitrogen and oxygen atoms in total. The number of carboxylic acid groups (broad SMARTS) is 1. The van der Waals surface area contributed by atoms with Crippen LogP contribution in [0.5, 0.6) is 5.75 Å². The normalized spacial score (nSPS) is 23.8. The minimum absolute atomic E-state index is 0.106. The van der Waals surface area contributed by atoms with Crippen LogP contribution in [0, 0.1) is 11.8 Å². The maximum Gasteiger partial charge on any atom is 0.391 e. The van der Waals surface area contributed by atoms with Crippen molar-refractivity contribution in [3.63, 3.8) is 0 Å². The largest absolute Gasteiger partial charge is 0.492 e. The minimum Gasteiger partial charge on any atom is -0.492 e. The number of nitrogens with zero attached hydrogens (tertiary/aromatic N) is 3. The van der Waals surface area contributed by atoms with Gasteiger partial charge in [-0.3, -0.25) is 9.97 Å². The number of pyridine rings is 2. The van der Waals surface area contributed by atoms with Crippen molar-refractivity contribution >= 4 is 11.7 Å². The van der Waals surface area contributed by atoms with E-state index in [0.29, 0.717) is 50.5 Å². The van der Waals surface area contributed by atoms with Gasteiger partial charge in [-0.1, -0.05) is 0 Å². The van der Waals surface area contributed by atoms with Crippen LogP contribution in [-0.4, -0.2) is 53.5 Å². The van der Waals surface area contributed by atoms with Gasteiger partial charge in [-0.15, -0.1) is 0 Å². The summed E-state index contributed by atoms with van der Waals surface area (Å²) < 4.78 is 50.3. The number of halogens is 3. The molecule has 0 aromatic carbocycles. The number of carbonyl (C=O) groups is 1. The van der Waals surface area contributed by atoms with Crippen LogP contribution in [0.1, 0.15) is 47.7 Å². The summed E-state index contributed by atoms with van der Waals surface area (Å²) in [5.74, 6) is -1.56. The highest BCUT2D eigenvalue weighted by Crippen LogP contribution is 2.39. The second kappa shape index (κ2) is 9.94. The highest BCUT2D eigenvalue weighted by molar-refractivity contribution is 5.87. The summed E-state index contributed by atoms with van der Waals surface area (Å²) in [6.45, 7) is 1.96. The summed E-state index contributed by atoms with van der Waals surface area (Å²) in [5, 5.41) is 9.20. The number of alkyl halides is 3. The lowest BCUT2D eigenvalue weighted by molar-refractivity contribution is -0.184. The van der Waals surface area contributed by atoms with Crippen LogP contribution in [0.2, 0.25) is 0 Å². The summed E-state index contributed by atoms with van der Waals surface area (Å²) in [5.41, 5.74) is 1.63. The van der Waals surface area contributed by atoms with Crippen LogP contribution in [-0.2, 0) is 4.74 Å². The van der Waals surface area contributed by atoms with E-state index in [0.717, 1.165) is 5.69 Å². The summed E-state index contributed by atoms with van der Waals surface area (Å²) in [4.78, 5) is 21.6.